The number of benzene rings is 3. The summed E-state index contributed by atoms with van der Waals surface area (Å²) in [5.41, 5.74) is 5.99. The summed E-state index contributed by atoms with van der Waals surface area (Å²) in [5, 5.41) is 0. The Morgan fingerprint density at radius 2 is 0.871 bits per heavy atom. The molecule has 2 aromatic heterocycles. The molecule has 0 aliphatic rings. The summed E-state index contributed by atoms with van der Waals surface area (Å²) in [5.74, 6) is 0. The zero-order valence-electron chi connectivity index (χ0n) is 17.6. The van der Waals surface area contributed by atoms with Gasteiger partial charge in [-0.15, -0.1) is 22.7 Å². The molecule has 0 atom stereocenters. The van der Waals surface area contributed by atoms with E-state index in [0.29, 0.717) is 0 Å². The van der Waals surface area contributed by atoms with Crippen LogP contribution in [0.3, 0.4) is 0 Å². The molecule has 31 heavy (non-hydrogen) atoms. The lowest BCUT2D eigenvalue weighted by molar-refractivity contribution is 1.28. The minimum absolute atomic E-state index is 1.15. The molecule has 0 unspecified atom stereocenters. The fourth-order valence-electron chi connectivity index (χ4n) is 3.75. The first-order valence-corrected chi connectivity index (χ1v) is 12.0. The maximum absolute atomic E-state index is 2.31. The average Bonchev–Trinajstić information content (AvgIpc) is 3.44. The van der Waals surface area contributed by atoms with E-state index in [9.17, 15) is 0 Å². The van der Waals surface area contributed by atoms with Crippen LogP contribution in [0.25, 0.3) is 20.9 Å². The molecular formula is C28H23NS2. The largest absolute Gasteiger partial charge is 0.311 e. The second-order valence-electron chi connectivity index (χ2n) is 7.59. The van der Waals surface area contributed by atoms with E-state index < -0.39 is 0 Å². The molecule has 0 bridgehead atoms. The Balaban J connectivity index is 1.52. The lowest BCUT2D eigenvalue weighted by Gasteiger charge is -2.25. The Morgan fingerprint density at radius 1 is 0.452 bits per heavy atom. The SMILES string of the molecule is Cc1ccc(-c2ccc(N(c3ccccc3)c3ccc(-c4ccc(C)s4)cc3)cc2)s1. The number of hydrogen-bond acceptors (Lipinski definition) is 3. The Hall–Kier alpha value is -3.14. The fourth-order valence-corrected chi connectivity index (χ4v) is 5.50. The molecule has 2 heterocycles. The first-order chi connectivity index (χ1) is 15.2. The van der Waals surface area contributed by atoms with Crippen molar-refractivity contribution in [1.82, 2.24) is 0 Å². The summed E-state index contributed by atoms with van der Waals surface area (Å²) >= 11 is 3.67. The van der Waals surface area contributed by atoms with Gasteiger partial charge in [-0.1, -0.05) is 42.5 Å². The van der Waals surface area contributed by atoms with Gasteiger partial charge in [0.25, 0.3) is 0 Å². The van der Waals surface area contributed by atoms with Crippen molar-refractivity contribution >= 4 is 39.7 Å². The van der Waals surface area contributed by atoms with Gasteiger partial charge in [0.2, 0.25) is 0 Å². The van der Waals surface area contributed by atoms with Gasteiger partial charge in [0.15, 0.2) is 0 Å². The predicted molar refractivity (Wildman–Crippen MR) is 137 cm³/mol. The Labute approximate surface area is 191 Å². The van der Waals surface area contributed by atoms with Crippen molar-refractivity contribution in [3.63, 3.8) is 0 Å². The lowest BCUT2D eigenvalue weighted by Crippen LogP contribution is -2.09. The second-order valence-corrected chi connectivity index (χ2v) is 10.2. The van der Waals surface area contributed by atoms with Crippen molar-refractivity contribution < 1.29 is 0 Å². The fraction of sp³-hybridized carbons (Fsp3) is 0.0714. The van der Waals surface area contributed by atoms with E-state index in [4.69, 9.17) is 0 Å². The molecule has 5 aromatic rings. The molecule has 1 nitrogen and oxygen atoms in total. The smallest absolute Gasteiger partial charge is 0.0462 e. The highest BCUT2D eigenvalue weighted by Crippen LogP contribution is 2.37. The van der Waals surface area contributed by atoms with Crippen LogP contribution >= 0.6 is 22.7 Å². The highest BCUT2D eigenvalue weighted by molar-refractivity contribution is 7.15. The number of thiophene rings is 2. The highest BCUT2D eigenvalue weighted by Gasteiger charge is 2.13. The van der Waals surface area contributed by atoms with Gasteiger partial charge in [-0.25, -0.2) is 0 Å². The van der Waals surface area contributed by atoms with Crippen LogP contribution < -0.4 is 4.90 Å². The summed E-state index contributed by atoms with van der Waals surface area (Å²) in [7, 11) is 0. The maximum Gasteiger partial charge on any atom is 0.0462 e. The zero-order chi connectivity index (χ0) is 21.2. The van der Waals surface area contributed by atoms with Gasteiger partial charge in [0.05, 0.1) is 0 Å². The van der Waals surface area contributed by atoms with Crippen molar-refractivity contribution in [3.8, 4) is 20.9 Å². The van der Waals surface area contributed by atoms with Crippen molar-refractivity contribution in [3.05, 3.63) is 113 Å². The molecule has 0 radical (unpaired) electrons. The number of anilines is 3. The molecule has 5 rings (SSSR count). The average molecular weight is 438 g/mol. The standard InChI is InChI=1S/C28H23NS2/c1-20-8-18-27(30-20)22-10-14-25(15-11-22)29(24-6-4-3-5-7-24)26-16-12-23(13-17-26)28-19-9-21(2)31-28/h3-19H,1-2H3. The molecule has 3 heteroatoms. The molecule has 0 saturated carbocycles. The van der Waals surface area contributed by atoms with Gasteiger partial charge in [0, 0.05) is 36.6 Å². The van der Waals surface area contributed by atoms with Crippen molar-refractivity contribution in [1.29, 1.82) is 0 Å². The van der Waals surface area contributed by atoms with Crippen LogP contribution in [-0.4, -0.2) is 0 Å². The van der Waals surface area contributed by atoms with Crippen LogP contribution in [-0.2, 0) is 0 Å². The van der Waals surface area contributed by atoms with Gasteiger partial charge in [-0.05, 0) is 85.6 Å². The van der Waals surface area contributed by atoms with E-state index >= 15 is 0 Å². The second kappa shape index (κ2) is 8.54. The van der Waals surface area contributed by atoms with Crippen molar-refractivity contribution in [2.75, 3.05) is 4.90 Å². The summed E-state index contributed by atoms with van der Waals surface area (Å²) in [6, 6.07) is 37.1. The molecule has 0 spiro atoms. The van der Waals surface area contributed by atoms with Crippen LogP contribution in [0.15, 0.2) is 103 Å². The van der Waals surface area contributed by atoms with E-state index in [-0.39, 0.29) is 0 Å². The minimum Gasteiger partial charge on any atom is -0.311 e. The molecule has 0 aliphatic heterocycles. The summed E-state index contributed by atoms with van der Waals surface area (Å²) in [6.45, 7) is 4.31. The molecule has 0 aliphatic carbocycles. The quantitative estimate of drug-likeness (QED) is 0.265. The highest BCUT2D eigenvalue weighted by atomic mass is 32.1. The normalized spacial score (nSPS) is 10.9. The number of para-hydroxylation sites is 1. The first kappa shape index (κ1) is 19.8. The number of aryl methyl sites for hydroxylation is 2. The monoisotopic (exact) mass is 437 g/mol. The van der Waals surface area contributed by atoms with Crippen LogP contribution in [0, 0.1) is 13.8 Å². The van der Waals surface area contributed by atoms with Crippen molar-refractivity contribution in [2.24, 2.45) is 0 Å². The third-order valence-electron chi connectivity index (χ3n) is 5.32. The lowest BCUT2D eigenvalue weighted by atomic mass is 10.1. The molecule has 3 aromatic carbocycles. The van der Waals surface area contributed by atoms with Gasteiger partial charge >= 0.3 is 0 Å². The van der Waals surface area contributed by atoms with Gasteiger partial charge < -0.3 is 4.90 Å². The van der Waals surface area contributed by atoms with Gasteiger partial charge in [-0.3, -0.25) is 0 Å². The molecule has 0 N–H and O–H groups in total. The maximum atomic E-state index is 2.31. The molecule has 152 valence electrons. The van der Waals surface area contributed by atoms with Crippen LogP contribution in [0.2, 0.25) is 0 Å². The van der Waals surface area contributed by atoms with E-state index in [2.05, 4.69) is 122 Å². The number of rotatable bonds is 5. The summed E-state index contributed by atoms with van der Waals surface area (Å²) < 4.78 is 0. The molecule has 0 amide bonds. The predicted octanol–water partition coefficient (Wildman–Crippen LogP) is 9.23. The van der Waals surface area contributed by atoms with Crippen LogP contribution in [0.4, 0.5) is 17.1 Å². The number of nitrogens with zero attached hydrogens (tertiary/aromatic N) is 1. The third kappa shape index (κ3) is 4.20. The molecular weight excluding hydrogens is 414 g/mol. The molecule has 0 saturated heterocycles. The van der Waals surface area contributed by atoms with Crippen LogP contribution in [0.1, 0.15) is 9.75 Å². The zero-order valence-corrected chi connectivity index (χ0v) is 19.2. The summed E-state index contributed by atoms with van der Waals surface area (Å²) in [4.78, 5) is 7.61. The van der Waals surface area contributed by atoms with E-state index in [0.717, 1.165) is 17.1 Å². The minimum atomic E-state index is 1.15. The molecule has 0 fully saturated rings. The Kier molecular flexibility index (Phi) is 5.46. The van der Waals surface area contributed by atoms with Gasteiger partial charge in [-0.2, -0.15) is 0 Å². The van der Waals surface area contributed by atoms with Gasteiger partial charge in [0.1, 0.15) is 0 Å². The van der Waals surface area contributed by atoms with E-state index in [1.54, 1.807) is 0 Å². The summed E-state index contributed by atoms with van der Waals surface area (Å²) in [6.07, 6.45) is 0. The van der Waals surface area contributed by atoms with E-state index in [1.165, 1.54) is 30.6 Å². The van der Waals surface area contributed by atoms with Crippen molar-refractivity contribution in [2.45, 2.75) is 13.8 Å². The first-order valence-electron chi connectivity index (χ1n) is 10.4. The topological polar surface area (TPSA) is 3.24 Å². The Bertz CT molecular complexity index is 1200. The number of hydrogen-bond donors (Lipinski definition) is 0. The van der Waals surface area contributed by atoms with E-state index in [1.807, 2.05) is 22.7 Å². The third-order valence-corrected chi connectivity index (χ3v) is 7.41. The Morgan fingerprint density at radius 3 is 1.26 bits per heavy atom. The van der Waals surface area contributed by atoms with Crippen LogP contribution in [0.5, 0.6) is 0 Å².